The van der Waals surface area contributed by atoms with Crippen LogP contribution in [0.15, 0.2) is 27.5 Å². The van der Waals surface area contributed by atoms with E-state index in [1.54, 1.807) is 12.1 Å². The number of nitrogens with one attached hydrogen (secondary N) is 1. The van der Waals surface area contributed by atoms with Crippen molar-refractivity contribution in [2.45, 2.75) is 29.2 Å². The Morgan fingerprint density at radius 1 is 1.21 bits per heavy atom. The fraction of sp³-hybridized carbons (Fsp3) is 0.385. The van der Waals surface area contributed by atoms with Gasteiger partial charge in [-0.3, -0.25) is 4.79 Å². The van der Waals surface area contributed by atoms with Crippen LogP contribution in [0.25, 0.3) is 0 Å². The van der Waals surface area contributed by atoms with Crippen LogP contribution in [0.4, 0.5) is 5.95 Å². The second-order valence-corrected chi connectivity index (χ2v) is 6.18. The van der Waals surface area contributed by atoms with Crippen LogP contribution in [-0.2, 0) is 4.79 Å². The Kier molecular flexibility index (Phi) is 7.00. The van der Waals surface area contributed by atoms with Gasteiger partial charge in [0, 0.05) is 12.6 Å². The van der Waals surface area contributed by atoms with Crippen molar-refractivity contribution in [2.75, 3.05) is 24.2 Å². The zero-order valence-electron chi connectivity index (χ0n) is 13.2. The molecule has 2 aromatic heterocycles. The second-order valence-electron chi connectivity index (χ2n) is 4.25. The highest BCUT2D eigenvalue weighted by Crippen LogP contribution is 2.25. The van der Waals surface area contributed by atoms with Crippen molar-refractivity contribution in [3.63, 3.8) is 0 Å². The molecule has 0 unspecified atom stereocenters. The maximum absolute atomic E-state index is 10.9. The average molecular weight is 367 g/mol. The van der Waals surface area contributed by atoms with E-state index in [-0.39, 0.29) is 5.75 Å². The monoisotopic (exact) mass is 367 g/mol. The summed E-state index contributed by atoms with van der Waals surface area (Å²) in [4.78, 5) is 23.8. The Hall–Kier alpha value is -2.14. The van der Waals surface area contributed by atoms with E-state index in [0.717, 1.165) is 11.8 Å². The van der Waals surface area contributed by atoms with E-state index in [1.165, 1.54) is 11.8 Å². The number of carbonyl (C=O) groups is 1. The van der Waals surface area contributed by atoms with E-state index in [2.05, 4.69) is 30.5 Å². The lowest BCUT2D eigenvalue weighted by atomic mass is 10.6. The lowest BCUT2D eigenvalue weighted by Gasteiger charge is -2.06. The Morgan fingerprint density at radius 2 is 2.00 bits per heavy atom. The van der Waals surface area contributed by atoms with E-state index < -0.39 is 5.91 Å². The van der Waals surface area contributed by atoms with Crippen molar-refractivity contribution in [2.24, 2.45) is 5.73 Å². The molecule has 0 saturated carbocycles. The van der Waals surface area contributed by atoms with Gasteiger partial charge in [-0.2, -0.15) is 15.0 Å². The predicted octanol–water partition coefficient (Wildman–Crippen LogP) is 1.22. The lowest BCUT2D eigenvalue weighted by molar-refractivity contribution is -0.115. The van der Waals surface area contributed by atoms with Crippen molar-refractivity contribution in [3.05, 3.63) is 12.1 Å². The van der Waals surface area contributed by atoms with Gasteiger partial charge >= 0.3 is 0 Å². The maximum Gasteiger partial charge on any atom is 0.233 e. The molecule has 0 spiro atoms. The van der Waals surface area contributed by atoms with Gasteiger partial charge in [0.1, 0.15) is 5.03 Å². The zero-order valence-corrected chi connectivity index (χ0v) is 14.9. The topological polar surface area (TPSA) is 129 Å². The number of amides is 1. The second kappa shape index (κ2) is 9.23. The largest absolute Gasteiger partial charge is 0.477 e. The molecule has 0 saturated heterocycles. The fourth-order valence-electron chi connectivity index (χ4n) is 1.50. The Balaban J connectivity index is 2.16. The summed E-state index contributed by atoms with van der Waals surface area (Å²) in [7, 11) is 0. The molecule has 2 aromatic rings. The van der Waals surface area contributed by atoms with Crippen molar-refractivity contribution in [1.29, 1.82) is 0 Å². The first-order valence-electron chi connectivity index (χ1n) is 7.16. The van der Waals surface area contributed by atoms with E-state index in [0.29, 0.717) is 40.3 Å². The molecule has 128 valence electrons. The standard InChI is InChI=1S/C13H17N7O2S2/c1-3-15-11-16-12(23-7-8(14)21)18-13(17-11)24-10-6-5-9(19-20-10)22-4-2/h5-6H,3-4,7H2,1-2H3,(H2,14,21)(H,15,16,17,18). The van der Waals surface area contributed by atoms with E-state index in [4.69, 9.17) is 10.5 Å². The molecule has 0 aromatic carbocycles. The van der Waals surface area contributed by atoms with Gasteiger partial charge in [0.25, 0.3) is 0 Å². The number of hydrogen-bond donors (Lipinski definition) is 2. The summed E-state index contributed by atoms with van der Waals surface area (Å²) in [5, 5.41) is 12.5. The van der Waals surface area contributed by atoms with Crippen LogP contribution in [0.2, 0.25) is 0 Å². The number of rotatable bonds is 9. The number of nitrogens with two attached hydrogens (primary N) is 1. The Labute approximate surface area is 147 Å². The van der Waals surface area contributed by atoms with Crippen molar-refractivity contribution < 1.29 is 9.53 Å². The Bertz CT molecular complexity index is 685. The fourth-order valence-corrected chi connectivity index (χ4v) is 2.80. The van der Waals surface area contributed by atoms with Crippen molar-refractivity contribution in [3.8, 4) is 5.88 Å². The first-order valence-corrected chi connectivity index (χ1v) is 8.96. The first-order chi connectivity index (χ1) is 11.6. The molecule has 0 radical (unpaired) electrons. The molecule has 2 rings (SSSR count). The van der Waals surface area contributed by atoms with E-state index in [9.17, 15) is 4.79 Å². The molecule has 24 heavy (non-hydrogen) atoms. The van der Waals surface area contributed by atoms with Gasteiger partial charge < -0.3 is 15.8 Å². The summed E-state index contributed by atoms with van der Waals surface area (Å²) < 4.78 is 5.25. The molecule has 1 amide bonds. The smallest absolute Gasteiger partial charge is 0.233 e. The number of aromatic nitrogens is 5. The minimum atomic E-state index is -0.433. The van der Waals surface area contributed by atoms with E-state index >= 15 is 0 Å². The Morgan fingerprint density at radius 3 is 2.62 bits per heavy atom. The minimum Gasteiger partial charge on any atom is -0.477 e. The number of ether oxygens (including phenoxy) is 1. The SMILES string of the molecule is CCNc1nc(SCC(N)=O)nc(Sc2ccc(OCC)nn2)n1. The van der Waals surface area contributed by atoms with Gasteiger partial charge in [0.05, 0.1) is 12.4 Å². The maximum atomic E-state index is 10.9. The van der Waals surface area contributed by atoms with Crippen molar-refractivity contribution in [1.82, 2.24) is 25.1 Å². The molecule has 0 aliphatic heterocycles. The molecule has 2 heterocycles. The summed E-state index contributed by atoms with van der Waals surface area (Å²) in [6.07, 6.45) is 0. The summed E-state index contributed by atoms with van der Waals surface area (Å²) in [6.45, 7) is 5.01. The quantitative estimate of drug-likeness (QED) is 0.624. The van der Waals surface area contributed by atoms with Crippen LogP contribution < -0.4 is 15.8 Å². The minimum absolute atomic E-state index is 0.0997. The molecular weight excluding hydrogens is 350 g/mol. The van der Waals surface area contributed by atoms with Gasteiger partial charge in [0.2, 0.25) is 17.7 Å². The summed E-state index contributed by atoms with van der Waals surface area (Å²) in [5.74, 6) is 0.559. The van der Waals surface area contributed by atoms with E-state index in [1.807, 2.05) is 13.8 Å². The normalized spacial score (nSPS) is 10.4. The molecule has 11 heteroatoms. The third-order valence-corrected chi connectivity index (χ3v) is 4.04. The van der Waals surface area contributed by atoms with Crippen LogP contribution in [0.3, 0.4) is 0 Å². The molecule has 0 bridgehead atoms. The van der Waals surface area contributed by atoms with Gasteiger partial charge in [-0.25, -0.2) is 0 Å². The summed E-state index contributed by atoms with van der Waals surface area (Å²) >= 11 is 2.40. The van der Waals surface area contributed by atoms with Crippen LogP contribution in [-0.4, -0.2) is 50.0 Å². The van der Waals surface area contributed by atoms with Crippen LogP contribution in [0, 0.1) is 0 Å². The highest BCUT2D eigenvalue weighted by Gasteiger charge is 2.11. The number of thioether (sulfide) groups is 1. The molecule has 0 aliphatic rings. The first kappa shape index (κ1) is 18.2. The predicted molar refractivity (Wildman–Crippen MR) is 91.2 cm³/mol. The summed E-state index contributed by atoms with van der Waals surface area (Å²) in [6, 6.07) is 3.50. The highest BCUT2D eigenvalue weighted by molar-refractivity contribution is 8.00. The summed E-state index contributed by atoms with van der Waals surface area (Å²) in [5.41, 5.74) is 5.16. The average Bonchev–Trinajstić information content (AvgIpc) is 2.55. The number of hydrogen-bond acceptors (Lipinski definition) is 10. The third kappa shape index (κ3) is 5.81. The van der Waals surface area contributed by atoms with Gasteiger partial charge in [-0.15, -0.1) is 10.2 Å². The van der Waals surface area contributed by atoms with Gasteiger partial charge in [-0.1, -0.05) is 11.8 Å². The molecular formula is C13H17N7O2S2. The number of carbonyl (C=O) groups excluding carboxylic acids is 1. The highest BCUT2D eigenvalue weighted by atomic mass is 32.2. The molecule has 0 fully saturated rings. The van der Waals surface area contributed by atoms with Crippen LogP contribution >= 0.6 is 23.5 Å². The zero-order chi connectivity index (χ0) is 17.4. The van der Waals surface area contributed by atoms with Gasteiger partial charge in [-0.05, 0) is 31.7 Å². The molecule has 0 aliphatic carbocycles. The van der Waals surface area contributed by atoms with Gasteiger partial charge in [0.15, 0.2) is 10.3 Å². The van der Waals surface area contributed by atoms with Crippen molar-refractivity contribution >= 4 is 35.4 Å². The number of nitrogens with zero attached hydrogens (tertiary/aromatic N) is 5. The third-order valence-electron chi connectivity index (χ3n) is 2.38. The number of anilines is 1. The lowest BCUT2D eigenvalue weighted by Crippen LogP contribution is -2.14. The molecule has 0 atom stereocenters. The van der Waals surface area contributed by atoms with Crippen LogP contribution in [0.5, 0.6) is 5.88 Å². The molecule has 3 N–H and O–H groups in total. The number of primary amides is 1. The van der Waals surface area contributed by atoms with Crippen LogP contribution in [0.1, 0.15) is 13.8 Å². The molecule has 9 nitrogen and oxygen atoms in total.